The van der Waals surface area contributed by atoms with Crippen LogP contribution in [0.2, 0.25) is 0 Å². The number of hydrogen-bond donors (Lipinski definition) is 1. The van der Waals surface area contributed by atoms with E-state index in [-0.39, 0.29) is 33.8 Å². The van der Waals surface area contributed by atoms with Gasteiger partial charge in [0.2, 0.25) is 0 Å². The van der Waals surface area contributed by atoms with E-state index < -0.39 is 0 Å². The molecule has 0 aliphatic heterocycles. The Hall–Kier alpha value is -0.908. The van der Waals surface area contributed by atoms with E-state index in [9.17, 15) is 0 Å². The van der Waals surface area contributed by atoms with Gasteiger partial charge in [-0.15, -0.1) is 0 Å². The maximum Gasteiger partial charge on any atom is 0.290 e. The molecule has 74 valence electrons. The van der Waals surface area contributed by atoms with Gasteiger partial charge in [0.1, 0.15) is 0 Å². The van der Waals surface area contributed by atoms with Gasteiger partial charge in [0.15, 0.2) is 0 Å². The van der Waals surface area contributed by atoms with Crippen LogP contribution in [0.4, 0.5) is 0 Å². The Morgan fingerprint density at radius 3 is 2.20 bits per heavy atom. The van der Waals surface area contributed by atoms with Crippen LogP contribution in [0.5, 0.6) is 0 Å². The van der Waals surface area contributed by atoms with Gasteiger partial charge < -0.3 is 5.11 Å². The van der Waals surface area contributed by atoms with Gasteiger partial charge >= 0.3 is 0 Å². The van der Waals surface area contributed by atoms with Gasteiger partial charge in [-0.05, 0) is 17.7 Å². The number of benzene rings is 2. The molecule has 2 aromatic carbocycles. The Morgan fingerprint density at radius 2 is 1.60 bits per heavy atom. The summed E-state index contributed by atoms with van der Waals surface area (Å²) in [6.45, 7) is 1.87. The number of aryl methyl sites for hydroxylation is 1. The second kappa shape index (κ2) is 7.39. The Labute approximate surface area is 109 Å². The molecule has 0 saturated heterocycles. The van der Waals surface area contributed by atoms with E-state index >= 15 is 0 Å². The third-order valence-electron chi connectivity index (χ3n) is 1.90. The van der Waals surface area contributed by atoms with E-state index in [4.69, 9.17) is 9.90 Å². The molecule has 0 fully saturated rings. The number of fused-ring (bicyclic) bond motifs is 1. The fourth-order valence-corrected chi connectivity index (χ4v) is 1.31. The molecule has 15 heavy (non-hydrogen) atoms. The molecule has 0 aliphatic rings. The zero-order valence-electron chi connectivity index (χ0n) is 8.68. The van der Waals surface area contributed by atoms with Crippen molar-refractivity contribution in [3.05, 3.63) is 48.0 Å². The van der Waals surface area contributed by atoms with E-state index in [2.05, 4.69) is 49.4 Å². The predicted octanol–water partition coefficient (Wildman–Crippen LogP) is 2.85. The molecule has 1 N–H and O–H groups in total. The fourth-order valence-electron chi connectivity index (χ4n) is 1.31. The number of carbonyl (C=O) groups is 1. The maximum atomic E-state index is 8.36. The van der Waals surface area contributed by atoms with E-state index in [0.29, 0.717) is 0 Å². The van der Waals surface area contributed by atoms with Gasteiger partial charge in [0.25, 0.3) is 6.47 Å². The van der Waals surface area contributed by atoms with Crippen molar-refractivity contribution in [1.82, 2.24) is 0 Å². The van der Waals surface area contributed by atoms with Gasteiger partial charge in [0, 0.05) is 27.3 Å². The van der Waals surface area contributed by atoms with E-state index in [1.807, 2.05) is 0 Å². The summed E-state index contributed by atoms with van der Waals surface area (Å²) in [5, 5.41) is 9.53. The second-order valence-electron chi connectivity index (χ2n) is 2.96. The Kier molecular flexibility index (Phi) is 6.94. The number of rotatable bonds is 0. The van der Waals surface area contributed by atoms with Crippen molar-refractivity contribution in [2.45, 2.75) is 6.92 Å². The average molecular weight is 301 g/mol. The molecule has 3 heteroatoms. The normalized spacial score (nSPS) is 8.33. The van der Waals surface area contributed by atoms with Crippen molar-refractivity contribution in [2.24, 2.45) is 0 Å². The monoisotopic (exact) mass is 302 g/mol. The minimum absolute atomic E-state index is 0. The van der Waals surface area contributed by atoms with Crippen LogP contribution >= 0.6 is 0 Å². The smallest absolute Gasteiger partial charge is 0.290 e. The molecule has 2 rings (SSSR count). The molecule has 0 amide bonds. The largest absolute Gasteiger partial charge is 0.483 e. The van der Waals surface area contributed by atoms with Crippen molar-refractivity contribution < 1.29 is 37.2 Å². The summed E-state index contributed by atoms with van der Waals surface area (Å²) >= 11 is 0. The van der Waals surface area contributed by atoms with Crippen molar-refractivity contribution in [1.29, 1.82) is 0 Å². The van der Waals surface area contributed by atoms with Crippen LogP contribution in [-0.2, 0) is 32.1 Å². The summed E-state index contributed by atoms with van der Waals surface area (Å²) in [4.78, 5) is 8.36. The molecule has 0 atom stereocenters. The Bertz CT molecular complexity index is 427. The molecule has 0 saturated carbocycles. The minimum atomic E-state index is -0.250. The molecule has 2 aromatic rings. The van der Waals surface area contributed by atoms with E-state index in [1.165, 1.54) is 16.3 Å². The van der Waals surface area contributed by atoms with Crippen LogP contribution in [0.25, 0.3) is 10.8 Å². The van der Waals surface area contributed by atoms with Crippen LogP contribution in [0.3, 0.4) is 0 Å². The predicted molar refractivity (Wildman–Crippen MR) is 57.4 cm³/mol. The topological polar surface area (TPSA) is 37.3 Å². The van der Waals surface area contributed by atoms with Gasteiger partial charge in [-0.2, -0.15) is 0 Å². The summed E-state index contributed by atoms with van der Waals surface area (Å²) in [6, 6.07) is 14.9. The third kappa shape index (κ3) is 4.42. The quantitative estimate of drug-likeness (QED) is 0.600. The molecule has 0 aromatic heterocycles. The Morgan fingerprint density at radius 1 is 1.07 bits per heavy atom. The molecule has 0 heterocycles. The van der Waals surface area contributed by atoms with Crippen LogP contribution in [-0.4, -0.2) is 11.6 Å². The SMILES string of the molecule is Cc1ccc2ccccc2c1.O=CO.[Cd]. The van der Waals surface area contributed by atoms with Gasteiger partial charge in [-0.25, -0.2) is 0 Å². The molecule has 0 unspecified atom stereocenters. The van der Waals surface area contributed by atoms with Crippen LogP contribution in [0.15, 0.2) is 42.5 Å². The average Bonchev–Trinajstić information content (AvgIpc) is 2.19. The molecule has 2 nitrogen and oxygen atoms in total. The molecule has 0 aliphatic carbocycles. The van der Waals surface area contributed by atoms with Crippen molar-refractivity contribution in [3.63, 3.8) is 0 Å². The van der Waals surface area contributed by atoms with Crippen LogP contribution in [0.1, 0.15) is 5.56 Å². The summed E-state index contributed by atoms with van der Waals surface area (Å²) in [5.41, 5.74) is 1.32. The number of hydrogen-bond acceptors (Lipinski definition) is 1. The molecule has 0 bridgehead atoms. The molecule has 0 spiro atoms. The first kappa shape index (κ1) is 14.1. The molecular formula is C12H12CdO2. The van der Waals surface area contributed by atoms with E-state index in [1.54, 1.807) is 0 Å². The maximum absolute atomic E-state index is 8.36. The van der Waals surface area contributed by atoms with Gasteiger partial charge in [-0.1, -0.05) is 48.0 Å². The van der Waals surface area contributed by atoms with Crippen LogP contribution < -0.4 is 0 Å². The fraction of sp³-hybridized carbons (Fsp3) is 0.0833. The summed E-state index contributed by atoms with van der Waals surface area (Å²) in [7, 11) is 0. The van der Waals surface area contributed by atoms with Crippen LogP contribution in [0, 0.1) is 6.92 Å². The standard InChI is InChI=1S/C11H10.CH2O2.Cd/c1-9-6-7-10-4-2-3-5-11(10)8-9;2-1-3;/h2-8H,1H3;1H,(H,2,3);. The minimum Gasteiger partial charge on any atom is -0.483 e. The molecule has 0 radical (unpaired) electrons. The van der Waals surface area contributed by atoms with Gasteiger partial charge in [-0.3, -0.25) is 4.79 Å². The third-order valence-corrected chi connectivity index (χ3v) is 1.90. The number of carboxylic acid groups (broad SMARTS) is 1. The summed E-state index contributed by atoms with van der Waals surface area (Å²) < 4.78 is 0. The van der Waals surface area contributed by atoms with E-state index in [0.717, 1.165) is 0 Å². The summed E-state index contributed by atoms with van der Waals surface area (Å²) in [5.74, 6) is 0. The Balaban J connectivity index is 0.000000443. The first-order chi connectivity index (χ1) is 6.77. The van der Waals surface area contributed by atoms with Crippen molar-refractivity contribution in [2.75, 3.05) is 0 Å². The zero-order valence-corrected chi connectivity index (χ0v) is 12.7. The second-order valence-corrected chi connectivity index (χ2v) is 2.96. The first-order valence-corrected chi connectivity index (χ1v) is 4.31. The first-order valence-electron chi connectivity index (χ1n) is 4.31. The van der Waals surface area contributed by atoms with Gasteiger partial charge in [0.05, 0.1) is 0 Å². The summed E-state index contributed by atoms with van der Waals surface area (Å²) in [6.07, 6.45) is 0. The molecular weight excluding hydrogens is 289 g/mol. The van der Waals surface area contributed by atoms with Crippen molar-refractivity contribution >= 4 is 17.2 Å². The van der Waals surface area contributed by atoms with Crippen molar-refractivity contribution in [3.8, 4) is 0 Å². The zero-order chi connectivity index (χ0) is 10.4.